The molecule has 0 spiro atoms. The van der Waals surface area contributed by atoms with E-state index >= 15 is 0 Å². The van der Waals surface area contributed by atoms with Gasteiger partial charge in [0.25, 0.3) is 0 Å². The molecule has 0 saturated carbocycles. The Kier molecular flexibility index (Phi) is 4.48. The van der Waals surface area contributed by atoms with Gasteiger partial charge >= 0.3 is 0 Å². The molecule has 0 amide bonds. The maximum atomic E-state index is 13.1. The molecular formula is C20H20FN5. The summed E-state index contributed by atoms with van der Waals surface area (Å²) in [4.78, 5) is 9.11. The van der Waals surface area contributed by atoms with Gasteiger partial charge in [-0.2, -0.15) is 5.10 Å². The summed E-state index contributed by atoms with van der Waals surface area (Å²) in [5.41, 5.74) is 4.13. The third kappa shape index (κ3) is 3.35. The van der Waals surface area contributed by atoms with Gasteiger partial charge < -0.3 is 9.80 Å². The summed E-state index contributed by atoms with van der Waals surface area (Å²) in [6.45, 7) is 5.35. The molecule has 0 radical (unpaired) electrons. The number of hydrogen-bond acceptors (Lipinski definition) is 5. The van der Waals surface area contributed by atoms with Crippen molar-refractivity contribution in [1.82, 2.24) is 15.2 Å². The van der Waals surface area contributed by atoms with Crippen LogP contribution in [0.3, 0.4) is 0 Å². The van der Waals surface area contributed by atoms with Crippen molar-refractivity contribution in [2.24, 2.45) is 0 Å². The Morgan fingerprint density at radius 1 is 0.885 bits per heavy atom. The van der Waals surface area contributed by atoms with Crippen LogP contribution in [0, 0.1) is 12.7 Å². The van der Waals surface area contributed by atoms with Crippen LogP contribution in [0.1, 0.15) is 5.56 Å². The maximum Gasteiger partial charge on any atom is 0.246 e. The van der Waals surface area contributed by atoms with Crippen LogP contribution >= 0.6 is 0 Å². The molecule has 2 aromatic carbocycles. The van der Waals surface area contributed by atoms with Crippen molar-refractivity contribution < 1.29 is 4.39 Å². The predicted octanol–water partition coefficient (Wildman–Crippen LogP) is 3.31. The lowest BCUT2D eigenvalue weighted by Gasteiger charge is -2.36. The minimum Gasteiger partial charge on any atom is -0.368 e. The highest BCUT2D eigenvalue weighted by molar-refractivity contribution is 5.63. The topological polar surface area (TPSA) is 45.2 Å². The molecule has 1 fully saturated rings. The second-order valence-corrected chi connectivity index (χ2v) is 6.41. The van der Waals surface area contributed by atoms with Crippen LogP contribution in [0.15, 0.2) is 54.7 Å². The lowest BCUT2D eigenvalue weighted by molar-refractivity contribution is 0.622. The van der Waals surface area contributed by atoms with Crippen LogP contribution in [0.5, 0.6) is 0 Å². The van der Waals surface area contributed by atoms with Crippen LogP contribution < -0.4 is 9.80 Å². The second-order valence-electron chi connectivity index (χ2n) is 6.41. The van der Waals surface area contributed by atoms with E-state index in [0.29, 0.717) is 5.95 Å². The Balaban J connectivity index is 1.49. The van der Waals surface area contributed by atoms with Crippen molar-refractivity contribution in [3.05, 3.63) is 66.1 Å². The van der Waals surface area contributed by atoms with Crippen molar-refractivity contribution in [3.8, 4) is 11.3 Å². The second kappa shape index (κ2) is 7.07. The highest BCUT2D eigenvalue weighted by Crippen LogP contribution is 2.23. The molecule has 0 bridgehead atoms. The SMILES string of the molecule is Cc1ccccc1-c1cnnc(N2CCN(c3ccc(F)cc3)CC2)n1. The number of rotatable bonds is 3. The smallest absolute Gasteiger partial charge is 0.246 e. The Labute approximate surface area is 152 Å². The number of benzene rings is 2. The third-order valence-electron chi connectivity index (χ3n) is 4.72. The fraction of sp³-hybridized carbons (Fsp3) is 0.250. The zero-order valence-corrected chi connectivity index (χ0v) is 14.6. The van der Waals surface area contributed by atoms with Crippen LogP contribution in [-0.4, -0.2) is 41.4 Å². The lowest BCUT2D eigenvalue weighted by Crippen LogP contribution is -2.47. The van der Waals surface area contributed by atoms with E-state index in [1.54, 1.807) is 6.20 Å². The first kappa shape index (κ1) is 16.4. The quantitative estimate of drug-likeness (QED) is 0.726. The van der Waals surface area contributed by atoms with Gasteiger partial charge in [-0.3, -0.25) is 0 Å². The number of hydrogen-bond donors (Lipinski definition) is 0. The first-order valence-electron chi connectivity index (χ1n) is 8.72. The molecule has 6 heteroatoms. The summed E-state index contributed by atoms with van der Waals surface area (Å²) in [7, 11) is 0. The molecule has 1 aliphatic heterocycles. The Morgan fingerprint density at radius 3 is 2.31 bits per heavy atom. The number of anilines is 2. The third-order valence-corrected chi connectivity index (χ3v) is 4.72. The number of nitrogens with zero attached hydrogens (tertiary/aromatic N) is 5. The Bertz CT molecular complexity index is 889. The van der Waals surface area contributed by atoms with E-state index in [9.17, 15) is 4.39 Å². The van der Waals surface area contributed by atoms with Gasteiger partial charge in [-0.25, -0.2) is 9.37 Å². The number of aryl methyl sites for hydroxylation is 1. The number of piperazine rings is 1. The predicted molar refractivity (Wildman–Crippen MR) is 101 cm³/mol. The van der Waals surface area contributed by atoms with E-state index in [0.717, 1.165) is 43.1 Å². The highest BCUT2D eigenvalue weighted by atomic mass is 19.1. The zero-order valence-electron chi connectivity index (χ0n) is 14.6. The molecule has 0 N–H and O–H groups in total. The Morgan fingerprint density at radius 2 is 1.58 bits per heavy atom. The molecule has 1 aromatic heterocycles. The molecule has 3 aromatic rings. The molecular weight excluding hydrogens is 329 g/mol. The Hall–Kier alpha value is -3.02. The van der Waals surface area contributed by atoms with Gasteiger partial charge in [-0.15, -0.1) is 5.10 Å². The summed E-state index contributed by atoms with van der Waals surface area (Å²) in [6, 6.07) is 14.8. The molecule has 2 heterocycles. The van der Waals surface area contributed by atoms with Crippen molar-refractivity contribution in [3.63, 3.8) is 0 Å². The molecule has 26 heavy (non-hydrogen) atoms. The summed E-state index contributed by atoms with van der Waals surface area (Å²) < 4.78 is 13.1. The average Bonchev–Trinajstić information content (AvgIpc) is 2.69. The van der Waals surface area contributed by atoms with Gasteiger partial charge in [0.15, 0.2) is 0 Å². The number of halogens is 1. The van der Waals surface area contributed by atoms with Gasteiger partial charge in [-0.1, -0.05) is 24.3 Å². The van der Waals surface area contributed by atoms with Crippen molar-refractivity contribution in [2.75, 3.05) is 36.0 Å². The van der Waals surface area contributed by atoms with Gasteiger partial charge in [0.1, 0.15) is 5.82 Å². The largest absolute Gasteiger partial charge is 0.368 e. The molecule has 0 atom stereocenters. The first-order valence-corrected chi connectivity index (χ1v) is 8.72. The van der Waals surface area contributed by atoms with Crippen LogP contribution in [0.25, 0.3) is 11.3 Å². The fourth-order valence-electron chi connectivity index (χ4n) is 3.23. The van der Waals surface area contributed by atoms with E-state index in [4.69, 9.17) is 4.98 Å². The minimum absolute atomic E-state index is 0.208. The summed E-state index contributed by atoms with van der Waals surface area (Å²) >= 11 is 0. The van der Waals surface area contributed by atoms with Gasteiger partial charge in [-0.05, 0) is 36.8 Å². The van der Waals surface area contributed by atoms with E-state index in [2.05, 4.69) is 39.1 Å². The summed E-state index contributed by atoms with van der Waals surface area (Å²) in [5, 5.41) is 8.38. The average molecular weight is 349 g/mol. The van der Waals surface area contributed by atoms with Crippen molar-refractivity contribution in [1.29, 1.82) is 0 Å². The van der Waals surface area contributed by atoms with E-state index in [1.807, 2.05) is 24.3 Å². The molecule has 1 aliphatic rings. The maximum absolute atomic E-state index is 13.1. The fourth-order valence-corrected chi connectivity index (χ4v) is 3.23. The van der Waals surface area contributed by atoms with Crippen molar-refractivity contribution in [2.45, 2.75) is 6.92 Å². The molecule has 1 saturated heterocycles. The van der Waals surface area contributed by atoms with Crippen LogP contribution in [0.4, 0.5) is 16.0 Å². The van der Waals surface area contributed by atoms with E-state index < -0.39 is 0 Å². The standard InChI is InChI=1S/C20H20FN5/c1-15-4-2-3-5-18(15)19-14-22-24-20(23-19)26-12-10-25(11-13-26)17-8-6-16(21)7-9-17/h2-9,14H,10-13H2,1H3. The van der Waals surface area contributed by atoms with Gasteiger partial charge in [0, 0.05) is 37.4 Å². The van der Waals surface area contributed by atoms with Crippen molar-refractivity contribution >= 4 is 11.6 Å². The van der Waals surface area contributed by atoms with E-state index in [1.165, 1.54) is 17.7 Å². The summed E-state index contributed by atoms with van der Waals surface area (Å²) in [6.07, 6.45) is 1.71. The molecule has 4 rings (SSSR count). The zero-order chi connectivity index (χ0) is 17.9. The first-order chi connectivity index (χ1) is 12.7. The number of aromatic nitrogens is 3. The van der Waals surface area contributed by atoms with Gasteiger partial charge in [0.2, 0.25) is 5.95 Å². The molecule has 132 valence electrons. The van der Waals surface area contributed by atoms with Crippen LogP contribution in [0.2, 0.25) is 0 Å². The normalized spacial score (nSPS) is 14.5. The van der Waals surface area contributed by atoms with E-state index in [-0.39, 0.29) is 5.82 Å². The molecule has 0 aliphatic carbocycles. The highest BCUT2D eigenvalue weighted by Gasteiger charge is 2.20. The van der Waals surface area contributed by atoms with Gasteiger partial charge in [0.05, 0.1) is 11.9 Å². The monoisotopic (exact) mass is 349 g/mol. The van der Waals surface area contributed by atoms with Crippen LogP contribution in [-0.2, 0) is 0 Å². The summed E-state index contributed by atoms with van der Waals surface area (Å²) in [5.74, 6) is 0.449. The molecule has 0 unspecified atom stereocenters. The minimum atomic E-state index is -0.208. The lowest BCUT2D eigenvalue weighted by atomic mass is 10.1. The molecule has 5 nitrogen and oxygen atoms in total.